The molecule has 0 radical (unpaired) electrons. The Morgan fingerprint density at radius 1 is 1.04 bits per heavy atom. The van der Waals surface area contributed by atoms with Crippen LogP contribution in [0.25, 0.3) is 0 Å². The van der Waals surface area contributed by atoms with Gasteiger partial charge in [-0.1, -0.05) is 0 Å². The smallest absolute Gasteiger partial charge is 0.275 e. The molecule has 0 bridgehead atoms. The summed E-state index contributed by atoms with van der Waals surface area (Å²) >= 11 is 0. The highest BCUT2D eigenvalue weighted by Crippen LogP contribution is 2.14. The second-order valence-corrected chi connectivity index (χ2v) is 6.38. The predicted octanol–water partition coefficient (Wildman–Crippen LogP) is 1.43. The molecule has 9 heteroatoms. The Hall–Kier alpha value is -3.04. The molecule has 3 N–H and O–H groups in total. The first-order valence-corrected chi connectivity index (χ1v) is 9.15. The van der Waals surface area contributed by atoms with Crippen LogP contribution in [0.2, 0.25) is 0 Å². The Bertz CT molecular complexity index is 788. The van der Waals surface area contributed by atoms with E-state index in [4.69, 9.17) is 4.74 Å². The number of nitrogens with one attached hydrogen (secondary N) is 3. The summed E-state index contributed by atoms with van der Waals surface area (Å²) in [6, 6.07) is 6.84. The lowest BCUT2D eigenvalue weighted by Crippen LogP contribution is -2.39. The first-order valence-electron chi connectivity index (χ1n) is 9.15. The molecule has 9 nitrogen and oxygen atoms in total. The van der Waals surface area contributed by atoms with Crippen molar-refractivity contribution in [2.24, 2.45) is 0 Å². The fraction of sp³-hybridized carbons (Fsp3) is 0.368. The summed E-state index contributed by atoms with van der Waals surface area (Å²) in [5, 5.41) is 8.63. The molecule has 0 saturated carbocycles. The summed E-state index contributed by atoms with van der Waals surface area (Å²) in [6.45, 7) is 6.54. The van der Waals surface area contributed by atoms with Gasteiger partial charge in [0.15, 0.2) is 0 Å². The van der Waals surface area contributed by atoms with Gasteiger partial charge in [-0.2, -0.15) is 0 Å². The Morgan fingerprint density at radius 3 is 2.32 bits per heavy atom. The van der Waals surface area contributed by atoms with Gasteiger partial charge >= 0.3 is 0 Å². The second kappa shape index (κ2) is 9.77. The Labute approximate surface area is 163 Å². The molecule has 3 rings (SSSR count). The summed E-state index contributed by atoms with van der Waals surface area (Å²) in [5.74, 6) is 0.134. The van der Waals surface area contributed by atoms with Crippen molar-refractivity contribution in [2.75, 3.05) is 55.3 Å². The number of anilines is 3. The van der Waals surface area contributed by atoms with E-state index in [1.807, 2.05) is 0 Å². The topological polar surface area (TPSA) is 108 Å². The zero-order valence-corrected chi connectivity index (χ0v) is 15.8. The van der Waals surface area contributed by atoms with E-state index in [0.29, 0.717) is 17.2 Å². The maximum atomic E-state index is 12.3. The van der Waals surface area contributed by atoms with E-state index in [1.165, 1.54) is 13.1 Å². The number of ether oxygens (including phenoxy) is 1. The minimum absolute atomic E-state index is 0.147. The monoisotopic (exact) mass is 384 g/mol. The van der Waals surface area contributed by atoms with E-state index in [9.17, 15) is 9.59 Å². The average molecular weight is 384 g/mol. The van der Waals surface area contributed by atoms with Crippen molar-refractivity contribution in [1.29, 1.82) is 0 Å². The molecule has 0 atom stereocenters. The second-order valence-electron chi connectivity index (χ2n) is 6.38. The van der Waals surface area contributed by atoms with Gasteiger partial charge in [-0.3, -0.25) is 14.5 Å². The molecule has 0 aliphatic carbocycles. The van der Waals surface area contributed by atoms with E-state index in [-0.39, 0.29) is 17.5 Å². The van der Waals surface area contributed by atoms with Crippen molar-refractivity contribution < 1.29 is 14.3 Å². The molecule has 2 aromatic rings. The molecule has 1 aromatic carbocycles. The number of carbonyl (C=O) groups is 2. The first-order chi connectivity index (χ1) is 13.6. The molecule has 1 aliphatic rings. The Kier molecular flexibility index (Phi) is 6.88. The third kappa shape index (κ3) is 6.00. The van der Waals surface area contributed by atoms with Gasteiger partial charge in [0.1, 0.15) is 11.5 Å². The third-order valence-corrected chi connectivity index (χ3v) is 4.19. The minimum Gasteiger partial charge on any atom is -0.379 e. The number of amides is 2. The van der Waals surface area contributed by atoms with Crippen LogP contribution >= 0.6 is 0 Å². The van der Waals surface area contributed by atoms with Crippen molar-refractivity contribution in [3.8, 4) is 0 Å². The van der Waals surface area contributed by atoms with Gasteiger partial charge < -0.3 is 20.7 Å². The molecule has 28 heavy (non-hydrogen) atoms. The summed E-state index contributed by atoms with van der Waals surface area (Å²) in [5.41, 5.74) is 1.50. The molecule has 1 aromatic heterocycles. The van der Waals surface area contributed by atoms with Crippen molar-refractivity contribution in [2.45, 2.75) is 6.92 Å². The van der Waals surface area contributed by atoms with Crippen LogP contribution in [0.4, 0.5) is 17.2 Å². The van der Waals surface area contributed by atoms with Crippen molar-refractivity contribution in [3.63, 3.8) is 0 Å². The number of hydrogen-bond acceptors (Lipinski definition) is 7. The number of carbonyl (C=O) groups excluding carboxylic acids is 2. The van der Waals surface area contributed by atoms with Crippen LogP contribution in [0, 0.1) is 0 Å². The first kappa shape index (κ1) is 19.7. The van der Waals surface area contributed by atoms with Gasteiger partial charge in [-0.25, -0.2) is 9.97 Å². The van der Waals surface area contributed by atoms with Gasteiger partial charge in [0.25, 0.3) is 5.91 Å². The van der Waals surface area contributed by atoms with Crippen LogP contribution < -0.4 is 16.0 Å². The standard InChI is InChI=1S/C19H24N6O3/c1-14(26)23-15-2-4-16(5-3-15)24-19(27)17-12-22-18(13-21-17)20-6-7-25-8-10-28-11-9-25/h2-5,12-13H,6-11H2,1H3,(H,20,22)(H,23,26)(H,24,27). The zero-order valence-electron chi connectivity index (χ0n) is 15.8. The third-order valence-electron chi connectivity index (χ3n) is 4.19. The molecule has 1 saturated heterocycles. The molecule has 0 spiro atoms. The van der Waals surface area contributed by atoms with Gasteiger partial charge in [0, 0.05) is 44.5 Å². The molecule has 1 aliphatic heterocycles. The van der Waals surface area contributed by atoms with Crippen LogP contribution in [-0.2, 0) is 9.53 Å². The lowest BCUT2D eigenvalue weighted by Gasteiger charge is -2.26. The van der Waals surface area contributed by atoms with E-state index in [0.717, 1.165) is 39.4 Å². The highest BCUT2D eigenvalue weighted by Gasteiger charge is 2.11. The summed E-state index contributed by atoms with van der Waals surface area (Å²) in [7, 11) is 0. The van der Waals surface area contributed by atoms with E-state index in [1.54, 1.807) is 30.5 Å². The highest BCUT2D eigenvalue weighted by atomic mass is 16.5. The van der Waals surface area contributed by atoms with Crippen LogP contribution in [0.15, 0.2) is 36.7 Å². The summed E-state index contributed by atoms with van der Waals surface area (Å²) < 4.78 is 5.32. The zero-order chi connectivity index (χ0) is 19.8. The van der Waals surface area contributed by atoms with Gasteiger partial charge in [-0.15, -0.1) is 0 Å². The normalized spacial score (nSPS) is 14.3. The SMILES string of the molecule is CC(=O)Nc1ccc(NC(=O)c2cnc(NCCN3CCOCC3)cn2)cc1. The average Bonchev–Trinajstić information content (AvgIpc) is 2.70. The van der Waals surface area contributed by atoms with E-state index >= 15 is 0 Å². The lowest BCUT2D eigenvalue weighted by molar-refractivity contribution is -0.114. The quantitative estimate of drug-likeness (QED) is 0.663. The molecule has 148 valence electrons. The van der Waals surface area contributed by atoms with Crippen molar-refractivity contribution in [3.05, 3.63) is 42.4 Å². The van der Waals surface area contributed by atoms with Gasteiger partial charge in [-0.05, 0) is 24.3 Å². The maximum Gasteiger partial charge on any atom is 0.275 e. The Balaban J connectivity index is 1.47. The molecule has 2 amide bonds. The number of aromatic nitrogens is 2. The van der Waals surface area contributed by atoms with Crippen LogP contribution in [0.5, 0.6) is 0 Å². The molecular formula is C19H24N6O3. The number of benzene rings is 1. The number of rotatable bonds is 7. The van der Waals surface area contributed by atoms with Gasteiger partial charge in [0.05, 0.1) is 25.6 Å². The molecular weight excluding hydrogens is 360 g/mol. The fourth-order valence-corrected chi connectivity index (χ4v) is 2.74. The molecule has 1 fully saturated rings. The minimum atomic E-state index is -0.348. The lowest BCUT2D eigenvalue weighted by atomic mass is 10.2. The van der Waals surface area contributed by atoms with Crippen LogP contribution in [0.3, 0.4) is 0 Å². The highest BCUT2D eigenvalue weighted by molar-refractivity contribution is 6.02. The van der Waals surface area contributed by atoms with E-state index in [2.05, 4.69) is 30.8 Å². The maximum absolute atomic E-state index is 12.3. The largest absolute Gasteiger partial charge is 0.379 e. The van der Waals surface area contributed by atoms with Gasteiger partial charge in [0.2, 0.25) is 5.91 Å². The van der Waals surface area contributed by atoms with E-state index < -0.39 is 0 Å². The number of morpholine rings is 1. The summed E-state index contributed by atoms with van der Waals surface area (Å²) in [6.07, 6.45) is 2.99. The van der Waals surface area contributed by atoms with Crippen LogP contribution in [-0.4, -0.2) is 66.1 Å². The van der Waals surface area contributed by atoms with Crippen molar-refractivity contribution in [1.82, 2.24) is 14.9 Å². The van der Waals surface area contributed by atoms with Crippen molar-refractivity contribution >= 4 is 29.0 Å². The Morgan fingerprint density at radius 2 is 1.71 bits per heavy atom. The summed E-state index contributed by atoms with van der Waals surface area (Å²) in [4.78, 5) is 34.1. The number of hydrogen-bond donors (Lipinski definition) is 3. The van der Waals surface area contributed by atoms with Crippen LogP contribution in [0.1, 0.15) is 17.4 Å². The molecule has 2 heterocycles. The number of nitrogens with zero attached hydrogens (tertiary/aromatic N) is 3. The predicted molar refractivity (Wildman–Crippen MR) is 106 cm³/mol. The fourth-order valence-electron chi connectivity index (χ4n) is 2.74. The molecule has 0 unspecified atom stereocenters.